The molecule has 0 saturated carbocycles. The molecule has 0 bridgehead atoms. The average Bonchev–Trinajstić information content (AvgIpc) is 2.40. The molecule has 1 N–H and O–H groups in total. The van der Waals surface area contributed by atoms with Crippen LogP contribution in [0.25, 0.3) is 0 Å². The third-order valence-electron chi connectivity index (χ3n) is 2.97. The zero-order valence-electron chi connectivity index (χ0n) is 13.2. The van der Waals surface area contributed by atoms with Gasteiger partial charge in [0.05, 0.1) is 13.2 Å². The first kappa shape index (κ1) is 16.6. The van der Waals surface area contributed by atoms with Crippen LogP contribution in [0.4, 0.5) is 0 Å². The predicted octanol–water partition coefficient (Wildman–Crippen LogP) is 4.10. The molecule has 20 heavy (non-hydrogen) atoms. The van der Waals surface area contributed by atoms with Gasteiger partial charge < -0.3 is 14.8 Å². The topological polar surface area (TPSA) is 30.5 Å². The predicted molar refractivity (Wildman–Crippen MR) is 84.6 cm³/mol. The molecule has 0 aliphatic heterocycles. The number of rotatable bonds is 9. The molecule has 1 rings (SSSR count). The molecule has 3 nitrogen and oxygen atoms in total. The van der Waals surface area contributed by atoms with E-state index in [0.29, 0.717) is 13.2 Å². The van der Waals surface area contributed by atoms with Crippen molar-refractivity contribution in [1.82, 2.24) is 5.32 Å². The van der Waals surface area contributed by atoms with E-state index >= 15 is 0 Å². The van der Waals surface area contributed by atoms with Crippen molar-refractivity contribution in [1.29, 1.82) is 0 Å². The van der Waals surface area contributed by atoms with Gasteiger partial charge in [0, 0.05) is 6.04 Å². The van der Waals surface area contributed by atoms with Crippen LogP contribution in [-0.2, 0) is 0 Å². The van der Waals surface area contributed by atoms with Crippen LogP contribution in [0.3, 0.4) is 0 Å². The third kappa shape index (κ3) is 4.89. The molecule has 3 heteroatoms. The summed E-state index contributed by atoms with van der Waals surface area (Å²) in [6.07, 6.45) is 0.924. The van der Waals surface area contributed by atoms with E-state index in [9.17, 15) is 0 Å². The summed E-state index contributed by atoms with van der Waals surface area (Å²) in [6, 6.07) is 6.44. The van der Waals surface area contributed by atoms with Gasteiger partial charge in [-0.05, 0) is 51.4 Å². The van der Waals surface area contributed by atoms with Crippen LogP contribution in [0.1, 0.15) is 45.7 Å². The molecule has 1 unspecified atom stereocenters. The number of hydrogen-bond donors (Lipinski definition) is 1. The molecular weight excluding hydrogens is 250 g/mol. The van der Waals surface area contributed by atoms with E-state index in [0.717, 1.165) is 24.5 Å². The van der Waals surface area contributed by atoms with Crippen molar-refractivity contribution < 1.29 is 9.47 Å². The maximum atomic E-state index is 5.69. The van der Waals surface area contributed by atoms with Crippen LogP contribution in [0.15, 0.2) is 30.4 Å². The molecule has 0 aliphatic carbocycles. The highest BCUT2D eigenvalue weighted by molar-refractivity contribution is 5.44. The first-order valence-corrected chi connectivity index (χ1v) is 7.39. The van der Waals surface area contributed by atoms with Crippen LogP contribution < -0.4 is 14.8 Å². The van der Waals surface area contributed by atoms with Crippen LogP contribution in [0.2, 0.25) is 0 Å². The van der Waals surface area contributed by atoms with Gasteiger partial charge in [-0.2, -0.15) is 0 Å². The largest absolute Gasteiger partial charge is 0.490 e. The van der Waals surface area contributed by atoms with Crippen LogP contribution in [-0.4, -0.2) is 19.8 Å². The van der Waals surface area contributed by atoms with E-state index in [2.05, 4.69) is 37.9 Å². The summed E-state index contributed by atoms with van der Waals surface area (Å²) >= 11 is 0. The molecule has 0 saturated heterocycles. The van der Waals surface area contributed by atoms with Gasteiger partial charge in [0.2, 0.25) is 0 Å². The first-order chi connectivity index (χ1) is 9.62. The highest BCUT2D eigenvalue weighted by atomic mass is 16.5. The van der Waals surface area contributed by atoms with E-state index in [4.69, 9.17) is 9.47 Å². The Hall–Kier alpha value is -1.48. The van der Waals surface area contributed by atoms with Gasteiger partial charge in [0.25, 0.3) is 0 Å². The molecule has 1 aromatic rings. The van der Waals surface area contributed by atoms with Crippen molar-refractivity contribution in [3.63, 3.8) is 0 Å². The van der Waals surface area contributed by atoms with Gasteiger partial charge >= 0.3 is 0 Å². The lowest BCUT2D eigenvalue weighted by Gasteiger charge is -2.20. The van der Waals surface area contributed by atoms with Gasteiger partial charge in [-0.15, -0.1) is 6.58 Å². The van der Waals surface area contributed by atoms with Crippen LogP contribution in [0.5, 0.6) is 11.5 Å². The highest BCUT2D eigenvalue weighted by Crippen LogP contribution is 2.32. The van der Waals surface area contributed by atoms with E-state index < -0.39 is 0 Å². The summed E-state index contributed by atoms with van der Waals surface area (Å²) in [4.78, 5) is 0. The lowest BCUT2D eigenvalue weighted by atomic mass is 10.00. The summed E-state index contributed by atoms with van der Waals surface area (Å²) < 4.78 is 11.3. The maximum absolute atomic E-state index is 5.69. The Labute approximate surface area is 123 Å². The fourth-order valence-electron chi connectivity index (χ4n) is 2.19. The molecular formula is C17H27NO2. The Kier molecular flexibility index (Phi) is 7.16. The Bertz CT molecular complexity index is 429. The van der Waals surface area contributed by atoms with Gasteiger partial charge in [-0.25, -0.2) is 0 Å². The minimum Gasteiger partial charge on any atom is -0.490 e. The SMILES string of the molecule is C=C(C)CC(NCC)c1ccc(OCC)c(OCC)c1. The standard InChI is InChI=1S/C17H27NO2/c1-6-18-15(11-13(4)5)14-9-10-16(19-7-2)17(12-14)20-8-3/h9-10,12,15,18H,4,6-8,11H2,1-3,5H3. The van der Waals surface area contributed by atoms with E-state index in [-0.39, 0.29) is 6.04 Å². The van der Waals surface area contributed by atoms with Crippen molar-refractivity contribution >= 4 is 0 Å². The average molecular weight is 277 g/mol. The fraction of sp³-hybridized carbons (Fsp3) is 0.529. The molecule has 0 radical (unpaired) electrons. The Morgan fingerprint density at radius 1 is 1.15 bits per heavy atom. The lowest BCUT2D eigenvalue weighted by Crippen LogP contribution is -2.21. The Balaban J connectivity index is 3.02. The van der Waals surface area contributed by atoms with E-state index in [1.54, 1.807) is 0 Å². The molecule has 0 aromatic heterocycles. The Morgan fingerprint density at radius 2 is 1.80 bits per heavy atom. The third-order valence-corrected chi connectivity index (χ3v) is 2.97. The molecule has 0 fully saturated rings. The Morgan fingerprint density at radius 3 is 2.35 bits per heavy atom. The highest BCUT2D eigenvalue weighted by Gasteiger charge is 2.14. The molecule has 0 spiro atoms. The van der Waals surface area contributed by atoms with Crippen molar-refractivity contribution in [2.75, 3.05) is 19.8 Å². The fourth-order valence-corrected chi connectivity index (χ4v) is 2.19. The summed E-state index contributed by atoms with van der Waals surface area (Å²) in [5, 5.41) is 3.49. The van der Waals surface area contributed by atoms with Crippen LogP contribution >= 0.6 is 0 Å². The first-order valence-electron chi connectivity index (χ1n) is 7.39. The normalized spacial score (nSPS) is 12.0. The maximum Gasteiger partial charge on any atom is 0.161 e. The quantitative estimate of drug-likeness (QED) is 0.689. The van der Waals surface area contributed by atoms with Gasteiger partial charge in [0.1, 0.15) is 0 Å². The molecule has 112 valence electrons. The number of ether oxygens (including phenoxy) is 2. The summed E-state index contributed by atoms with van der Waals surface area (Å²) in [7, 11) is 0. The van der Waals surface area contributed by atoms with Crippen molar-refractivity contribution in [3.8, 4) is 11.5 Å². The minimum atomic E-state index is 0.271. The zero-order chi connectivity index (χ0) is 15.0. The molecule has 0 amide bonds. The van der Waals surface area contributed by atoms with Crippen molar-refractivity contribution in [3.05, 3.63) is 35.9 Å². The monoisotopic (exact) mass is 277 g/mol. The molecule has 1 aromatic carbocycles. The summed E-state index contributed by atoms with van der Waals surface area (Å²) in [5.74, 6) is 1.63. The van der Waals surface area contributed by atoms with Gasteiger partial charge in [0.15, 0.2) is 11.5 Å². The minimum absolute atomic E-state index is 0.271. The van der Waals surface area contributed by atoms with Crippen LogP contribution in [0, 0.1) is 0 Å². The van der Waals surface area contributed by atoms with E-state index in [1.165, 1.54) is 11.1 Å². The second-order valence-corrected chi connectivity index (χ2v) is 4.84. The lowest BCUT2D eigenvalue weighted by molar-refractivity contribution is 0.287. The smallest absolute Gasteiger partial charge is 0.161 e. The zero-order valence-corrected chi connectivity index (χ0v) is 13.2. The summed E-state index contributed by atoms with van der Waals surface area (Å²) in [5.41, 5.74) is 2.38. The number of benzene rings is 1. The summed E-state index contributed by atoms with van der Waals surface area (Å²) in [6.45, 7) is 14.3. The van der Waals surface area contributed by atoms with Crippen molar-refractivity contribution in [2.24, 2.45) is 0 Å². The second kappa shape index (κ2) is 8.64. The van der Waals surface area contributed by atoms with Crippen molar-refractivity contribution in [2.45, 2.75) is 40.2 Å². The van der Waals surface area contributed by atoms with Gasteiger partial charge in [-0.3, -0.25) is 0 Å². The number of hydrogen-bond acceptors (Lipinski definition) is 3. The second-order valence-electron chi connectivity index (χ2n) is 4.84. The van der Waals surface area contributed by atoms with E-state index in [1.807, 2.05) is 19.9 Å². The van der Waals surface area contributed by atoms with Gasteiger partial charge in [-0.1, -0.05) is 18.6 Å². The molecule has 1 atom stereocenters. The molecule has 0 aliphatic rings. The number of nitrogens with one attached hydrogen (secondary N) is 1. The molecule has 0 heterocycles.